The quantitative estimate of drug-likeness (QED) is 0.794. The molecule has 124 valence electrons. The van der Waals surface area contributed by atoms with Crippen LogP contribution in [0.5, 0.6) is 0 Å². The highest BCUT2D eigenvalue weighted by Crippen LogP contribution is 2.48. The van der Waals surface area contributed by atoms with Crippen molar-refractivity contribution in [2.24, 2.45) is 11.0 Å². The molecule has 1 aliphatic heterocycles. The first-order valence-electron chi connectivity index (χ1n) is 7.21. The predicted octanol–water partition coefficient (Wildman–Crippen LogP) is 3.70. The Morgan fingerprint density at radius 3 is 2.57 bits per heavy atom. The monoisotopic (exact) mass is 390 g/mol. The van der Waals surface area contributed by atoms with E-state index in [4.69, 9.17) is 0 Å². The summed E-state index contributed by atoms with van der Waals surface area (Å²) >= 11 is 3.20. The lowest BCUT2D eigenvalue weighted by Crippen LogP contribution is -2.61. The van der Waals surface area contributed by atoms with Crippen molar-refractivity contribution >= 4 is 27.5 Å². The third kappa shape index (κ3) is 2.57. The fourth-order valence-electron chi connectivity index (χ4n) is 3.13. The van der Waals surface area contributed by atoms with Gasteiger partial charge in [0.25, 0.3) is 11.6 Å². The number of rotatable bonds is 1. The SMILES string of the molecule is O=C(c1ccc(Br)cc1)N1N=C2CCCC[C@@H]2[C@]1(O)C(F)(F)F. The fourth-order valence-corrected chi connectivity index (χ4v) is 3.40. The van der Waals surface area contributed by atoms with Gasteiger partial charge in [-0.1, -0.05) is 22.4 Å². The van der Waals surface area contributed by atoms with Crippen LogP contribution in [0.3, 0.4) is 0 Å². The number of aliphatic hydroxyl groups is 1. The van der Waals surface area contributed by atoms with Gasteiger partial charge in [-0.3, -0.25) is 4.79 Å². The van der Waals surface area contributed by atoms with Crippen molar-refractivity contribution in [2.75, 3.05) is 0 Å². The molecule has 4 nitrogen and oxygen atoms in total. The van der Waals surface area contributed by atoms with Crippen molar-refractivity contribution in [1.29, 1.82) is 0 Å². The van der Waals surface area contributed by atoms with E-state index in [1.165, 1.54) is 12.1 Å². The first-order chi connectivity index (χ1) is 10.7. The van der Waals surface area contributed by atoms with Gasteiger partial charge in [-0.25, -0.2) is 0 Å². The van der Waals surface area contributed by atoms with Crippen molar-refractivity contribution < 1.29 is 23.1 Å². The smallest absolute Gasteiger partial charge is 0.362 e. The Morgan fingerprint density at radius 2 is 1.96 bits per heavy atom. The van der Waals surface area contributed by atoms with Crippen molar-refractivity contribution in [3.63, 3.8) is 0 Å². The Labute approximate surface area is 139 Å². The molecule has 1 aliphatic carbocycles. The van der Waals surface area contributed by atoms with Crippen molar-refractivity contribution in [1.82, 2.24) is 5.01 Å². The summed E-state index contributed by atoms with van der Waals surface area (Å²) in [6, 6.07) is 5.89. The van der Waals surface area contributed by atoms with Crippen LogP contribution in [0.15, 0.2) is 33.8 Å². The fraction of sp³-hybridized carbons (Fsp3) is 0.467. The maximum Gasteiger partial charge on any atom is 0.439 e. The predicted molar refractivity (Wildman–Crippen MR) is 80.7 cm³/mol. The lowest BCUT2D eigenvalue weighted by atomic mass is 9.80. The molecule has 3 rings (SSSR count). The van der Waals surface area contributed by atoms with E-state index in [9.17, 15) is 23.1 Å². The van der Waals surface area contributed by atoms with E-state index in [0.29, 0.717) is 23.7 Å². The number of carbonyl (C=O) groups excluding carboxylic acids is 1. The second-order valence-corrected chi connectivity index (χ2v) is 6.65. The molecule has 2 atom stereocenters. The van der Waals surface area contributed by atoms with Crippen LogP contribution in [0.25, 0.3) is 0 Å². The van der Waals surface area contributed by atoms with Gasteiger partial charge in [0.05, 0.1) is 5.92 Å². The number of alkyl halides is 3. The normalized spacial score (nSPS) is 27.6. The van der Waals surface area contributed by atoms with Gasteiger partial charge in [0.2, 0.25) is 0 Å². The molecule has 1 aromatic rings. The van der Waals surface area contributed by atoms with Gasteiger partial charge in [0, 0.05) is 15.7 Å². The summed E-state index contributed by atoms with van der Waals surface area (Å²) < 4.78 is 41.4. The van der Waals surface area contributed by atoms with Crippen LogP contribution in [-0.2, 0) is 0 Å². The Bertz CT molecular complexity index is 660. The largest absolute Gasteiger partial charge is 0.439 e. The molecule has 1 aromatic carbocycles. The first-order valence-corrected chi connectivity index (χ1v) is 8.01. The van der Waals surface area contributed by atoms with Crippen LogP contribution in [0.2, 0.25) is 0 Å². The molecule has 2 aliphatic rings. The number of hydrazone groups is 1. The van der Waals surface area contributed by atoms with Gasteiger partial charge in [-0.15, -0.1) is 0 Å². The van der Waals surface area contributed by atoms with E-state index in [2.05, 4.69) is 21.0 Å². The number of halogens is 4. The minimum absolute atomic E-state index is 0.0406. The third-order valence-electron chi connectivity index (χ3n) is 4.32. The summed E-state index contributed by atoms with van der Waals surface area (Å²) in [7, 11) is 0. The number of nitrogens with zero attached hydrogens (tertiary/aromatic N) is 2. The molecule has 0 bridgehead atoms. The average Bonchev–Trinajstić information content (AvgIpc) is 2.82. The topological polar surface area (TPSA) is 52.9 Å². The van der Waals surface area contributed by atoms with E-state index < -0.39 is 23.7 Å². The molecule has 1 heterocycles. The van der Waals surface area contributed by atoms with E-state index in [0.717, 1.165) is 0 Å². The van der Waals surface area contributed by atoms with Crippen molar-refractivity contribution in [2.45, 2.75) is 37.6 Å². The van der Waals surface area contributed by atoms with Gasteiger partial charge in [0.15, 0.2) is 0 Å². The van der Waals surface area contributed by atoms with Gasteiger partial charge in [-0.05, 0) is 43.5 Å². The average molecular weight is 391 g/mol. The zero-order valence-electron chi connectivity index (χ0n) is 12.0. The number of benzene rings is 1. The zero-order valence-corrected chi connectivity index (χ0v) is 13.6. The van der Waals surface area contributed by atoms with E-state index in [-0.39, 0.29) is 22.7 Å². The molecule has 1 fully saturated rings. The molecule has 0 aromatic heterocycles. The number of fused-ring (bicyclic) bond motifs is 1. The first kappa shape index (κ1) is 16.4. The van der Waals surface area contributed by atoms with Crippen LogP contribution < -0.4 is 0 Å². The standard InChI is InChI=1S/C15H14BrF3N2O2/c16-10-7-5-9(6-8-10)13(22)21-14(23,15(17,18)19)11-3-1-2-4-12(11)20-21/h5-8,11,23H,1-4H2/t11-,14-/m0/s1. The Balaban J connectivity index is 2.03. The molecule has 0 spiro atoms. The number of amides is 1. The minimum Gasteiger partial charge on any atom is -0.362 e. The Kier molecular flexibility index (Phi) is 4.00. The maximum absolute atomic E-state index is 13.6. The third-order valence-corrected chi connectivity index (χ3v) is 4.84. The van der Waals surface area contributed by atoms with Crippen LogP contribution in [0.4, 0.5) is 13.2 Å². The number of carbonyl (C=O) groups is 1. The summed E-state index contributed by atoms with van der Waals surface area (Å²) in [6.07, 6.45) is -3.16. The second kappa shape index (κ2) is 5.59. The Morgan fingerprint density at radius 1 is 1.30 bits per heavy atom. The highest BCUT2D eigenvalue weighted by molar-refractivity contribution is 9.10. The molecule has 0 saturated heterocycles. The maximum atomic E-state index is 13.6. The van der Waals surface area contributed by atoms with Gasteiger partial charge >= 0.3 is 6.18 Å². The highest BCUT2D eigenvalue weighted by atomic mass is 79.9. The van der Waals surface area contributed by atoms with Crippen LogP contribution in [0, 0.1) is 5.92 Å². The number of hydrogen-bond donors (Lipinski definition) is 1. The summed E-state index contributed by atoms with van der Waals surface area (Å²) in [6.45, 7) is 0. The van der Waals surface area contributed by atoms with Gasteiger partial charge in [0.1, 0.15) is 0 Å². The molecule has 0 radical (unpaired) electrons. The summed E-state index contributed by atoms with van der Waals surface area (Å²) in [5.41, 5.74) is -2.98. The lowest BCUT2D eigenvalue weighted by molar-refractivity contribution is -0.312. The molecule has 1 N–H and O–H groups in total. The molecule has 0 unspecified atom stereocenters. The molecule has 1 amide bonds. The molecule has 1 saturated carbocycles. The minimum atomic E-state index is -4.98. The van der Waals surface area contributed by atoms with E-state index in [1.54, 1.807) is 12.1 Å². The molecule has 8 heteroatoms. The van der Waals surface area contributed by atoms with Crippen LogP contribution in [-0.4, -0.2) is 33.6 Å². The number of hydrogen-bond acceptors (Lipinski definition) is 3. The van der Waals surface area contributed by atoms with Crippen LogP contribution in [0.1, 0.15) is 36.0 Å². The van der Waals surface area contributed by atoms with Crippen molar-refractivity contribution in [3.05, 3.63) is 34.3 Å². The molecular weight excluding hydrogens is 377 g/mol. The van der Waals surface area contributed by atoms with E-state index >= 15 is 0 Å². The summed E-state index contributed by atoms with van der Waals surface area (Å²) in [4.78, 5) is 12.5. The summed E-state index contributed by atoms with van der Waals surface area (Å²) in [5.74, 6) is -2.14. The van der Waals surface area contributed by atoms with Crippen LogP contribution >= 0.6 is 15.9 Å². The molecule has 23 heavy (non-hydrogen) atoms. The zero-order chi connectivity index (χ0) is 16.8. The lowest BCUT2D eigenvalue weighted by Gasteiger charge is -2.38. The Hall–Kier alpha value is -1.41. The van der Waals surface area contributed by atoms with Gasteiger partial charge in [-0.2, -0.15) is 23.3 Å². The summed E-state index contributed by atoms with van der Waals surface area (Å²) in [5, 5.41) is 14.5. The van der Waals surface area contributed by atoms with E-state index in [1.807, 2.05) is 0 Å². The highest BCUT2D eigenvalue weighted by Gasteiger charge is 2.68. The van der Waals surface area contributed by atoms with Crippen molar-refractivity contribution in [3.8, 4) is 0 Å². The second-order valence-electron chi connectivity index (χ2n) is 5.74. The van der Waals surface area contributed by atoms with Gasteiger partial charge < -0.3 is 5.11 Å². The molecular formula is C15H14BrF3N2O2.